The van der Waals surface area contributed by atoms with Crippen molar-refractivity contribution >= 4 is 37.7 Å². The van der Waals surface area contributed by atoms with Gasteiger partial charge in [-0.25, -0.2) is 4.98 Å². The Morgan fingerprint density at radius 3 is 2.67 bits per heavy atom. The molecule has 0 aromatic carbocycles. The lowest BCUT2D eigenvalue weighted by Gasteiger charge is -2.17. The minimum atomic E-state index is 0.423. The number of nitrogens with one attached hydrogen (secondary N) is 1. The van der Waals surface area contributed by atoms with E-state index in [-0.39, 0.29) is 0 Å². The Hall–Kier alpha value is -0.0900. The van der Waals surface area contributed by atoms with Gasteiger partial charge in [-0.1, -0.05) is 22.9 Å². The van der Waals surface area contributed by atoms with Crippen molar-refractivity contribution in [2.45, 2.75) is 38.1 Å². The fourth-order valence-electron chi connectivity index (χ4n) is 1.47. The summed E-state index contributed by atoms with van der Waals surface area (Å²) in [6.07, 6.45) is 2.90. The van der Waals surface area contributed by atoms with Gasteiger partial charge in [0.15, 0.2) is 0 Å². The molecule has 2 unspecified atom stereocenters. The largest absolute Gasteiger partial charge is 0.367 e. The quantitative estimate of drug-likeness (QED) is 0.837. The Kier molecular flexibility index (Phi) is 5.06. The molecule has 1 N–H and O–H groups in total. The summed E-state index contributed by atoms with van der Waals surface area (Å²) in [5.74, 6) is 0.971. The molecule has 0 radical (unpaired) electrons. The van der Waals surface area contributed by atoms with E-state index in [0.717, 1.165) is 16.7 Å². The van der Waals surface area contributed by atoms with E-state index in [4.69, 9.17) is 0 Å². The summed E-state index contributed by atoms with van der Waals surface area (Å²) in [5, 5.41) is 3.41. The van der Waals surface area contributed by atoms with Gasteiger partial charge < -0.3 is 5.32 Å². The molecule has 1 aromatic heterocycles. The SMILES string of the molecule is Cc1cc(Br)cnc1NC(C)CC(C)Br. The molecule has 0 aliphatic carbocycles. The summed E-state index contributed by atoms with van der Waals surface area (Å²) in [7, 11) is 0. The van der Waals surface area contributed by atoms with Crippen molar-refractivity contribution in [1.29, 1.82) is 0 Å². The van der Waals surface area contributed by atoms with Crippen molar-refractivity contribution in [2.24, 2.45) is 0 Å². The van der Waals surface area contributed by atoms with Crippen LogP contribution in [0.3, 0.4) is 0 Å². The second-order valence-corrected chi connectivity index (χ2v) is 6.36. The molecule has 15 heavy (non-hydrogen) atoms. The average molecular weight is 336 g/mol. The Morgan fingerprint density at radius 2 is 2.13 bits per heavy atom. The molecule has 0 aliphatic heterocycles. The predicted molar refractivity (Wildman–Crippen MR) is 72.8 cm³/mol. The van der Waals surface area contributed by atoms with E-state index < -0.39 is 0 Å². The summed E-state index contributed by atoms with van der Waals surface area (Å²) in [5.41, 5.74) is 1.17. The van der Waals surface area contributed by atoms with Crippen LogP contribution in [-0.4, -0.2) is 15.9 Å². The van der Waals surface area contributed by atoms with E-state index in [1.165, 1.54) is 5.56 Å². The molecule has 0 amide bonds. The van der Waals surface area contributed by atoms with E-state index in [1.54, 1.807) is 0 Å². The van der Waals surface area contributed by atoms with Crippen LogP contribution in [0.4, 0.5) is 5.82 Å². The minimum absolute atomic E-state index is 0.423. The monoisotopic (exact) mass is 334 g/mol. The van der Waals surface area contributed by atoms with Crippen LogP contribution in [0.15, 0.2) is 16.7 Å². The number of aryl methyl sites for hydroxylation is 1. The molecule has 0 saturated heterocycles. The number of alkyl halides is 1. The van der Waals surface area contributed by atoms with Crippen LogP contribution in [0.25, 0.3) is 0 Å². The van der Waals surface area contributed by atoms with Crippen LogP contribution < -0.4 is 5.32 Å². The lowest BCUT2D eigenvalue weighted by atomic mass is 10.2. The molecule has 0 saturated carbocycles. The van der Waals surface area contributed by atoms with Gasteiger partial charge in [-0.3, -0.25) is 0 Å². The van der Waals surface area contributed by atoms with Crippen molar-refractivity contribution in [1.82, 2.24) is 4.98 Å². The number of nitrogens with zero attached hydrogens (tertiary/aromatic N) is 1. The van der Waals surface area contributed by atoms with Crippen molar-refractivity contribution in [3.05, 3.63) is 22.3 Å². The number of hydrogen-bond donors (Lipinski definition) is 1. The molecule has 2 nitrogen and oxygen atoms in total. The average Bonchev–Trinajstić information content (AvgIpc) is 2.08. The highest BCUT2D eigenvalue weighted by Crippen LogP contribution is 2.18. The van der Waals surface area contributed by atoms with Gasteiger partial charge in [0.1, 0.15) is 5.82 Å². The Labute approximate surface area is 108 Å². The van der Waals surface area contributed by atoms with Crippen molar-refractivity contribution in [3.63, 3.8) is 0 Å². The van der Waals surface area contributed by atoms with Gasteiger partial charge >= 0.3 is 0 Å². The first-order valence-electron chi connectivity index (χ1n) is 5.01. The number of pyridine rings is 1. The molecule has 0 aliphatic rings. The fourth-order valence-corrected chi connectivity index (χ4v) is 2.48. The zero-order chi connectivity index (χ0) is 11.4. The topological polar surface area (TPSA) is 24.9 Å². The first kappa shape index (κ1) is 13.0. The maximum atomic E-state index is 4.35. The van der Waals surface area contributed by atoms with Gasteiger partial charge in [-0.2, -0.15) is 0 Å². The first-order valence-corrected chi connectivity index (χ1v) is 6.72. The summed E-state index contributed by atoms with van der Waals surface area (Å²) in [6, 6.07) is 2.49. The van der Waals surface area contributed by atoms with Crippen molar-refractivity contribution in [3.8, 4) is 0 Å². The molecule has 1 aromatic rings. The number of halogens is 2. The zero-order valence-electron chi connectivity index (χ0n) is 9.22. The second kappa shape index (κ2) is 5.85. The molecule has 2 atom stereocenters. The molecule has 1 heterocycles. The molecule has 4 heteroatoms. The summed E-state index contributed by atoms with van der Waals surface area (Å²) < 4.78 is 1.02. The van der Waals surface area contributed by atoms with Crippen LogP contribution in [0.2, 0.25) is 0 Å². The van der Waals surface area contributed by atoms with Crippen LogP contribution in [0, 0.1) is 6.92 Å². The summed E-state index contributed by atoms with van der Waals surface area (Å²) in [6.45, 7) is 6.38. The summed E-state index contributed by atoms with van der Waals surface area (Å²) >= 11 is 6.96. The van der Waals surface area contributed by atoms with Crippen LogP contribution in [0.5, 0.6) is 0 Å². The molecule has 0 fully saturated rings. The van der Waals surface area contributed by atoms with E-state index in [1.807, 2.05) is 6.20 Å². The highest BCUT2D eigenvalue weighted by Gasteiger charge is 2.08. The smallest absolute Gasteiger partial charge is 0.129 e. The third kappa shape index (κ3) is 4.51. The normalized spacial score (nSPS) is 14.7. The van der Waals surface area contributed by atoms with Gasteiger partial charge in [-0.05, 0) is 47.8 Å². The first-order chi connectivity index (χ1) is 6.99. The van der Waals surface area contributed by atoms with Gasteiger partial charge in [0.2, 0.25) is 0 Å². The molecular weight excluding hydrogens is 320 g/mol. The van der Waals surface area contributed by atoms with E-state index in [9.17, 15) is 0 Å². The standard InChI is InChI=1S/C11H16Br2N2/c1-7-4-10(13)6-14-11(7)15-9(3)5-8(2)12/h4,6,8-9H,5H2,1-3H3,(H,14,15). The molecule has 0 bridgehead atoms. The molecule has 1 rings (SSSR count). The van der Waals surface area contributed by atoms with Gasteiger partial charge in [-0.15, -0.1) is 0 Å². The highest BCUT2D eigenvalue weighted by molar-refractivity contribution is 9.10. The van der Waals surface area contributed by atoms with Crippen molar-refractivity contribution in [2.75, 3.05) is 5.32 Å². The number of anilines is 1. The second-order valence-electron chi connectivity index (χ2n) is 3.88. The van der Waals surface area contributed by atoms with E-state index >= 15 is 0 Å². The van der Waals surface area contributed by atoms with Crippen LogP contribution in [0.1, 0.15) is 25.8 Å². The predicted octanol–water partition coefficient (Wildman–Crippen LogP) is 4.13. The molecule has 84 valence electrons. The maximum absolute atomic E-state index is 4.35. The number of rotatable bonds is 4. The third-order valence-corrected chi connectivity index (χ3v) is 2.91. The van der Waals surface area contributed by atoms with Gasteiger partial charge in [0.25, 0.3) is 0 Å². The zero-order valence-corrected chi connectivity index (χ0v) is 12.4. The van der Waals surface area contributed by atoms with Gasteiger partial charge in [0.05, 0.1) is 0 Å². The lowest BCUT2D eigenvalue weighted by molar-refractivity contribution is 0.704. The molecule has 0 spiro atoms. The maximum Gasteiger partial charge on any atom is 0.129 e. The van der Waals surface area contributed by atoms with E-state index in [0.29, 0.717) is 10.9 Å². The number of aromatic nitrogens is 1. The Morgan fingerprint density at radius 1 is 1.47 bits per heavy atom. The van der Waals surface area contributed by atoms with Crippen molar-refractivity contribution < 1.29 is 0 Å². The Balaban J connectivity index is 2.64. The third-order valence-electron chi connectivity index (χ3n) is 2.11. The molecular formula is C11H16Br2N2. The van der Waals surface area contributed by atoms with Crippen LogP contribution in [-0.2, 0) is 0 Å². The summed E-state index contributed by atoms with van der Waals surface area (Å²) in [4.78, 5) is 4.88. The minimum Gasteiger partial charge on any atom is -0.367 e. The Bertz CT molecular complexity index is 326. The number of hydrogen-bond acceptors (Lipinski definition) is 2. The highest BCUT2D eigenvalue weighted by atomic mass is 79.9. The van der Waals surface area contributed by atoms with Gasteiger partial charge in [0, 0.05) is 21.5 Å². The van der Waals surface area contributed by atoms with Crippen LogP contribution >= 0.6 is 31.9 Å². The van der Waals surface area contributed by atoms with E-state index in [2.05, 4.69) is 69.0 Å². The lowest BCUT2D eigenvalue weighted by Crippen LogP contribution is -2.19. The fraction of sp³-hybridized carbons (Fsp3) is 0.545.